The Morgan fingerprint density at radius 2 is 1.68 bits per heavy atom. The van der Waals surface area contributed by atoms with Crippen LogP contribution in [0.4, 0.5) is 33.7 Å². The molecule has 0 aliphatic carbocycles. The number of halogens is 4. The van der Waals surface area contributed by atoms with E-state index in [1.54, 1.807) is 42.5 Å². The normalized spacial score (nSPS) is 11.2. The monoisotopic (exact) mass is 470 g/mol. The van der Waals surface area contributed by atoms with Crippen molar-refractivity contribution in [2.75, 3.05) is 37.4 Å². The second-order valence-corrected chi connectivity index (χ2v) is 7.85. The van der Waals surface area contributed by atoms with Crippen LogP contribution in [0, 0.1) is 17.1 Å². The first-order valence-electron chi connectivity index (χ1n) is 10.3. The van der Waals surface area contributed by atoms with Gasteiger partial charge in [-0.15, -0.1) is 0 Å². The fraction of sp³-hybridized carbons (Fsp3) is 0.200. The average Bonchev–Trinajstić information content (AvgIpc) is 2.78. The van der Waals surface area contributed by atoms with E-state index in [1.807, 2.05) is 25.1 Å². The van der Waals surface area contributed by atoms with Gasteiger partial charge < -0.3 is 10.2 Å². The lowest BCUT2D eigenvalue weighted by atomic mass is 10.0. The molecule has 0 fully saturated rings. The minimum Gasteiger partial charge on any atom is -0.308 e. The van der Waals surface area contributed by atoms with Gasteiger partial charge in [0.15, 0.2) is 0 Å². The fourth-order valence-electron chi connectivity index (χ4n) is 3.27. The van der Waals surface area contributed by atoms with Crippen molar-refractivity contribution in [3.8, 4) is 17.2 Å². The first-order chi connectivity index (χ1) is 16.1. The molecule has 9 heteroatoms. The zero-order valence-corrected chi connectivity index (χ0v) is 18.5. The lowest BCUT2D eigenvalue weighted by Crippen LogP contribution is -2.39. The van der Waals surface area contributed by atoms with Gasteiger partial charge in [-0.2, -0.15) is 18.4 Å². The van der Waals surface area contributed by atoms with Crippen molar-refractivity contribution in [2.45, 2.75) is 6.18 Å². The van der Waals surface area contributed by atoms with Crippen LogP contribution >= 0.6 is 0 Å². The van der Waals surface area contributed by atoms with E-state index in [4.69, 9.17) is 5.26 Å². The molecule has 0 spiro atoms. The van der Waals surface area contributed by atoms with Crippen LogP contribution in [0.15, 0.2) is 66.7 Å². The van der Waals surface area contributed by atoms with E-state index in [-0.39, 0.29) is 12.2 Å². The van der Waals surface area contributed by atoms with Crippen molar-refractivity contribution < 1.29 is 22.4 Å². The Kier molecular flexibility index (Phi) is 7.54. The largest absolute Gasteiger partial charge is 0.416 e. The Morgan fingerprint density at radius 3 is 2.29 bits per heavy atom. The van der Waals surface area contributed by atoms with E-state index in [0.717, 1.165) is 17.2 Å². The lowest BCUT2D eigenvalue weighted by molar-refractivity contribution is -0.137. The van der Waals surface area contributed by atoms with Crippen LogP contribution in [0.2, 0.25) is 0 Å². The van der Waals surface area contributed by atoms with Gasteiger partial charge in [-0.05, 0) is 67.7 Å². The zero-order valence-electron chi connectivity index (χ0n) is 18.5. The van der Waals surface area contributed by atoms with Crippen LogP contribution in [0.5, 0.6) is 0 Å². The SMILES string of the molecule is CN(C)CCN(C(=O)Nc1cc(F)cc(C(F)(F)F)c1)c1ccc(-c2cccc(C#N)c2)cc1. The van der Waals surface area contributed by atoms with Gasteiger partial charge in [-0.25, -0.2) is 9.18 Å². The maximum absolute atomic E-state index is 13.8. The first kappa shape index (κ1) is 24.7. The molecule has 3 aromatic rings. The standard InChI is InChI=1S/C25H22F4N4O/c1-32(2)10-11-33(24(34)31-22-14-20(25(27,28)29)13-21(26)15-22)23-8-6-18(7-9-23)19-5-3-4-17(12-19)16-30/h3-9,12-15H,10-11H2,1-2H3,(H,31,34). The maximum atomic E-state index is 13.8. The number of nitriles is 1. The third-order valence-electron chi connectivity index (χ3n) is 5.00. The van der Waals surface area contributed by atoms with Crippen LogP contribution < -0.4 is 10.2 Å². The summed E-state index contributed by atoms with van der Waals surface area (Å²) in [5, 5.41) is 11.5. The van der Waals surface area contributed by atoms with Crippen LogP contribution in [-0.2, 0) is 6.18 Å². The van der Waals surface area contributed by atoms with Gasteiger partial charge in [0.1, 0.15) is 5.82 Å². The number of hydrogen-bond donors (Lipinski definition) is 1. The number of nitrogens with one attached hydrogen (secondary N) is 1. The molecule has 0 aromatic heterocycles. The molecule has 5 nitrogen and oxygen atoms in total. The summed E-state index contributed by atoms with van der Waals surface area (Å²) in [6.07, 6.45) is -4.75. The van der Waals surface area contributed by atoms with Crippen molar-refractivity contribution >= 4 is 17.4 Å². The number of benzene rings is 3. The predicted molar refractivity (Wildman–Crippen MR) is 123 cm³/mol. The van der Waals surface area contributed by atoms with E-state index < -0.39 is 23.6 Å². The molecule has 3 aromatic carbocycles. The molecule has 0 bridgehead atoms. The highest BCUT2D eigenvalue weighted by Crippen LogP contribution is 2.32. The van der Waals surface area contributed by atoms with Crippen LogP contribution in [0.3, 0.4) is 0 Å². The van der Waals surface area contributed by atoms with Crippen molar-refractivity contribution in [1.29, 1.82) is 5.26 Å². The number of hydrogen-bond acceptors (Lipinski definition) is 3. The number of urea groups is 1. The number of anilines is 2. The minimum absolute atomic E-state index is 0.240. The van der Waals surface area contributed by atoms with Gasteiger partial charge in [0.25, 0.3) is 0 Å². The summed E-state index contributed by atoms with van der Waals surface area (Å²) < 4.78 is 52.8. The summed E-state index contributed by atoms with van der Waals surface area (Å²) in [5.41, 5.74) is 1.20. The van der Waals surface area contributed by atoms with Crippen LogP contribution in [-0.4, -0.2) is 38.1 Å². The Balaban J connectivity index is 1.87. The quantitative estimate of drug-likeness (QED) is 0.451. The number of carbonyl (C=O) groups is 1. The number of amides is 2. The second kappa shape index (κ2) is 10.4. The van der Waals surface area contributed by atoms with Crippen LogP contribution in [0.25, 0.3) is 11.1 Å². The van der Waals surface area contributed by atoms with E-state index in [9.17, 15) is 22.4 Å². The molecule has 1 N–H and O–H groups in total. The minimum atomic E-state index is -4.75. The third-order valence-corrected chi connectivity index (χ3v) is 5.00. The fourth-order valence-corrected chi connectivity index (χ4v) is 3.27. The molecule has 176 valence electrons. The summed E-state index contributed by atoms with van der Waals surface area (Å²) in [4.78, 5) is 16.2. The summed E-state index contributed by atoms with van der Waals surface area (Å²) in [6.45, 7) is 0.722. The second-order valence-electron chi connectivity index (χ2n) is 7.85. The molecule has 2 amide bonds. The summed E-state index contributed by atoms with van der Waals surface area (Å²) in [6, 6.07) is 17.3. The van der Waals surface area contributed by atoms with Gasteiger partial charge in [0, 0.05) is 24.5 Å². The molecular formula is C25H22F4N4O. The number of nitrogens with zero attached hydrogens (tertiary/aromatic N) is 3. The average molecular weight is 470 g/mol. The van der Waals surface area contributed by atoms with Gasteiger partial charge in [-0.3, -0.25) is 4.90 Å². The zero-order chi connectivity index (χ0) is 24.9. The first-order valence-corrected chi connectivity index (χ1v) is 10.3. The maximum Gasteiger partial charge on any atom is 0.416 e. The highest BCUT2D eigenvalue weighted by Gasteiger charge is 2.31. The lowest BCUT2D eigenvalue weighted by Gasteiger charge is -2.25. The van der Waals surface area contributed by atoms with Gasteiger partial charge in [0.2, 0.25) is 0 Å². The highest BCUT2D eigenvalue weighted by atomic mass is 19.4. The smallest absolute Gasteiger partial charge is 0.308 e. The number of rotatable bonds is 6. The summed E-state index contributed by atoms with van der Waals surface area (Å²) in [5.74, 6) is -1.10. The predicted octanol–water partition coefficient (Wildman–Crippen LogP) is 5.98. The number of likely N-dealkylation sites (N-methyl/N-ethyl adjacent to an activating group) is 1. The molecular weight excluding hydrogens is 448 g/mol. The van der Waals surface area contributed by atoms with Crippen LogP contribution in [0.1, 0.15) is 11.1 Å². The molecule has 0 saturated heterocycles. The molecule has 3 rings (SSSR count). The highest BCUT2D eigenvalue weighted by molar-refractivity contribution is 6.02. The summed E-state index contributed by atoms with van der Waals surface area (Å²) >= 11 is 0. The molecule has 34 heavy (non-hydrogen) atoms. The summed E-state index contributed by atoms with van der Waals surface area (Å²) in [7, 11) is 3.65. The van der Waals surface area contributed by atoms with E-state index in [2.05, 4.69) is 11.4 Å². The van der Waals surface area contributed by atoms with Gasteiger partial charge in [0.05, 0.1) is 17.2 Å². The number of carbonyl (C=O) groups excluding carboxylic acids is 1. The molecule has 0 aliphatic rings. The molecule has 0 unspecified atom stereocenters. The Labute approximate surface area is 194 Å². The van der Waals surface area contributed by atoms with Crippen molar-refractivity contribution in [2.24, 2.45) is 0 Å². The molecule has 0 saturated carbocycles. The third kappa shape index (κ3) is 6.33. The van der Waals surface area contributed by atoms with Crippen molar-refractivity contribution in [1.82, 2.24) is 4.90 Å². The van der Waals surface area contributed by atoms with E-state index >= 15 is 0 Å². The van der Waals surface area contributed by atoms with E-state index in [0.29, 0.717) is 29.9 Å². The van der Waals surface area contributed by atoms with Crippen molar-refractivity contribution in [3.05, 3.63) is 83.7 Å². The van der Waals surface area contributed by atoms with E-state index in [1.165, 1.54) is 4.90 Å². The van der Waals surface area contributed by atoms with Crippen molar-refractivity contribution in [3.63, 3.8) is 0 Å². The molecule has 0 aliphatic heterocycles. The number of alkyl halides is 3. The molecule has 0 radical (unpaired) electrons. The van der Waals surface area contributed by atoms with Gasteiger partial charge in [-0.1, -0.05) is 24.3 Å². The Bertz CT molecular complexity index is 1200. The molecule has 0 heterocycles. The molecule has 0 atom stereocenters. The Hall–Kier alpha value is -3.90. The van der Waals surface area contributed by atoms with Gasteiger partial charge >= 0.3 is 12.2 Å². The topological polar surface area (TPSA) is 59.4 Å². The Morgan fingerprint density at radius 1 is 0.971 bits per heavy atom.